The van der Waals surface area contributed by atoms with E-state index in [9.17, 15) is 25.3 Å². The van der Waals surface area contributed by atoms with Gasteiger partial charge in [-0.05, 0) is 30.3 Å². The van der Waals surface area contributed by atoms with Gasteiger partial charge in [-0.2, -0.15) is 8.42 Å². The molecule has 0 fully saturated rings. The van der Waals surface area contributed by atoms with Gasteiger partial charge in [-0.1, -0.05) is 12.1 Å². The van der Waals surface area contributed by atoms with Gasteiger partial charge in [-0.25, -0.2) is 16.8 Å². The van der Waals surface area contributed by atoms with Crippen molar-refractivity contribution in [1.82, 2.24) is 0 Å². The molecule has 1 aliphatic heterocycles. The van der Waals surface area contributed by atoms with Crippen LogP contribution in [0.5, 0.6) is 0 Å². The van der Waals surface area contributed by atoms with Crippen LogP contribution in [0.1, 0.15) is 0 Å². The van der Waals surface area contributed by atoms with Crippen LogP contribution in [0.4, 0.5) is 0 Å². The summed E-state index contributed by atoms with van der Waals surface area (Å²) in [6.07, 6.45) is 0. The monoisotopic (exact) mass is 360 g/mol. The number of benzene rings is 2. The zero-order valence-corrected chi connectivity index (χ0v) is 13.1. The first-order chi connectivity index (χ1) is 10.1. The summed E-state index contributed by atoms with van der Waals surface area (Å²) < 4.78 is 81.3. The number of hydrogen-bond acceptors (Lipinski definition) is 6. The average molecular weight is 360 g/mol. The molecule has 0 radical (unpaired) electrons. The molecule has 116 valence electrons. The van der Waals surface area contributed by atoms with Crippen molar-refractivity contribution < 1.29 is 29.8 Å². The van der Waals surface area contributed by atoms with Gasteiger partial charge >= 0.3 is 0 Å². The molecule has 1 N–H and O–H groups in total. The Balaban J connectivity index is 2.50. The van der Waals surface area contributed by atoms with Gasteiger partial charge in [0.25, 0.3) is 10.1 Å². The van der Waals surface area contributed by atoms with Crippen molar-refractivity contribution in [3.8, 4) is 0 Å². The molecule has 0 aliphatic carbocycles. The molecule has 0 atom stereocenters. The maximum absolute atomic E-state index is 12.5. The zero-order valence-electron chi connectivity index (χ0n) is 10.7. The van der Waals surface area contributed by atoms with Gasteiger partial charge in [0, 0.05) is 0 Å². The average Bonchev–Trinajstić information content (AvgIpc) is 2.44. The molecule has 2 aromatic carbocycles. The Labute approximate surface area is 126 Å². The van der Waals surface area contributed by atoms with Crippen LogP contribution < -0.4 is 0 Å². The van der Waals surface area contributed by atoms with Crippen LogP contribution in [0.3, 0.4) is 0 Å². The van der Waals surface area contributed by atoms with Gasteiger partial charge in [-0.3, -0.25) is 4.55 Å². The lowest BCUT2D eigenvalue weighted by Gasteiger charge is -2.20. The van der Waals surface area contributed by atoms with Crippen molar-refractivity contribution in [2.45, 2.75) is 24.5 Å². The lowest BCUT2D eigenvalue weighted by Crippen LogP contribution is -2.20. The van der Waals surface area contributed by atoms with E-state index in [0.717, 1.165) is 18.2 Å². The van der Waals surface area contributed by atoms with Crippen molar-refractivity contribution >= 4 is 29.8 Å². The smallest absolute Gasteiger partial charge is 0.282 e. The Morgan fingerprint density at radius 1 is 0.727 bits per heavy atom. The molecule has 1 aliphatic rings. The molecule has 7 nitrogen and oxygen atoms in total. The van der Waals surface area contributed by atoms with E-state index in [1.807, 2.05) is 0 Å². The third kappa shape index (κ3) is 1.99. The third-order valence-electron chi connectivity index (χ3n) is 3.22. The minimum absolute atomic E-state index is 0.359. The molecule has 10 heteroatoms. The molecular weight excluding hydrogens is 352 g/mol. The van der Waals surface area contributed by atoms with E-state index in [1.165, 1.54) is 18.2 Å². The molecule has 1 heterocycles. The lowest BCUT2D eigenvalue weighted by molar-refractivity contribution is 0.482. The molecule has 0 unspecified atom stereocenters. The summed E-state index contributed by atoms with van der Waals surface area (Å²) >= 11 is 0. The summed E-state index contributed by atoms with van der Waals surface area (Å²) in [6.45, 7) is 0. The predicted octanol–water partition coefficient (Wildman–Crippen LogP) is 0.912. The highest BCUT2D eigenvalue weighted by Gasteiger charge is 2.39. The summed E-state index contributed by atoms with van der Waals surface area (Å²) in [5, 5.41) is 0. The van der Waals surface area contributed by atoms with Crippen LogP contribution in [0.15, 0.2) is 66.9 Å². The van der Waals surface area contributed by atoms with E-state index >= 15 is 0 Å². The van der Waals surface area contributed by atoms with Gasteiger partial charge in [0.2, 0.25) is 19.7 Å². The molecule has 0 amide bonds. The van der Waals surface area contributed by atoms with Crippen molar-refractivity contribution in [2.75, 3.05) is 0 Å². The Kier molecular flexibility index (Phi) is 3.02. The second-order valence-corrected chi connectivity index (χ2v) is 9.73. The van der Waals surface area contributed by atoms with E-state index < -0.39 is 49.4 Å². The molecule has 3 rings (SSSR count). The van der Waals surface area contributed by atoms with Crippen LogP contribution in [-0.4, -0.2) is 29.8 Å². The molecule has 0 spiro atoms. The fraction of sp³-hybridized carbons (Fsp3) is 0. The van der Waals surface area contributed by atoms with E-state index in [2.05, 4.69) is 0 Å². The standard InChI is InChI=1S/C12H8O7S3/c13-20(14)9-3-1-2-4-10(9)21(15,16)12-7-8(22(17,18)19)5-6-11(12)20/h1-7H,(H,17,18,19). The second kappa shape index (κ2) is 4.38. The fourth-order valence-corrected chi connectivity index (χ4v) is 6.95. The molecule has 22 heavy (non-hydrogen) atoms. The lowest BCUT2D eigenvalue weighted by atomic mass is 10.3. The molecular formula is C12H8O7S3. The van der Waals surface area contributed by atoms with E-state index in [4.69, 9.17) is 4.55 Å². The summed E-state index contributed by atoms with van der Waals surface area (Å²) in [7, 11) is -13.0. The number of hydrogen-bond donors (Lipinski definition) is 1. The first-order valence-electron chi connectivity index (χ1n) is 5.77. The minimum Gasteiger partial charge on any atom is -0.282 e. The van der Waals surface area contributed by atoms with Crippen LogP contribution in [-0.2, 0) is 29.8 Å². The van der Waals surface area contributed by atoms with Gasteiger partial charge in [0.05, 0.1) is 24.5 Å². The predicted molar refractivity (Wildman–Crippen MR) is 73.6 cm³/mol. The second-order valence-electron chi connectivity index (χ2n) is 4.54. The van der Waals surface area contributed by atoms with E-state index in [-0.39, 0.29) is 4.90 Å². The van der Waals surface area contributed by atoms with Crippen molar-refractivity contribution in [2.24, 2.45) is 0 Å². The Morgan fingerprint density at radius 3 is 1.68 bits per heavy atom. The quantitative estimate of drug-likeness (QED) is 0.640. The fourth-order valence-electron chi connectivity index (χ4n) is 2.21. The Bertz CT molecular complexity index is 1110. The molecule has 0 aromatic heterocycles. The molecule has 0 bridgehead atoms. The van der Waals surface area contributed by atoms with Crippen LogP contribution in [0.2, 0.25) is 0 Å². The van der Waals surface area contributed by atoms with Gasteiger partial charge in [0.1, 0.15) is 0 Å². The van der Waals surface area contributed by atoms with Crippen LogP contribution in [0, 0.1) is 0 Å². The summed E-state index contributed by atoms with van der Waals surface area (Å²) in [4.78, 5) is -2.65. The number of rotatable bonds is 1. The highest BCUT2D eigenvalue weighted by atomic mass is 32.2. The maximum Gasteiger partial charge on any atom is 0.294 e. The summed E-state index contributed by atoms with van der Waals surface area (Å²) in [5.41, 5.74) is 0. The maximum atomic E-state index is 12.5. The van der Waals surface area contributed by atoms with E-state index in [1.54, 1.807) is 0 Å². The zero-order chi connectivity index (χ0) is 16.3. The van der Waals surface area contributed by atoms with Gasteiger partial charge < -0.3 is 0 Å². The first kappa shape index (κ1) is 15.2. The highest BCUT2D eigenvalue weighted by molar-refractivity contribution is 7.97. The minimum atomic E-state index is -4.66. The molecule has 0 saturated heterocycles. The first-order valence-corrected chi connectivity index (χ1v) is 10.2. The highest BCUT2D eigenvalue weighted by Crippen LogP contribution is 2.40. The van der Waals surface area contributed by atoms with Gasteiger partial charge in [-0.15, -0.1) is 0 Å². The summed E-state index contributed by atoms with van der Waals surface area (Å²) in [5.74, 6) is 0. The Hall–Kier alpha value is -1.75. The number of sulfone groups is 2. The Morgan fingerprint density at radius 2 is 1.18 bits per heavy atom. The molecule has 0 saturated carbocycles. The van der Waals surface area contributed by atoms with Crippen LogP contribution in [0.25, 0.3) is 0 Å². The number of fused-ring (bicyclic) bond motifs is 2. The van der Waals surface area contributed by atoms with Crippen molar-refractivity contribution in [3.05, 3.63) is 42.5 Å². The SMILES string of the molecule is O=S(=O)(O)c1ccc2c(c1)S(=O)(=O)c1ccccc1S2(=O)=O. The van der Waals surface area contributed by atoms with Crippen molar-refractivity contribution in [1.29, 1.82) is 0 Å². The normalized spacial score (nSPS) is 18.2. The topological polar surface area (TPSA) is 123 Å². The largest absolute Gasteiger partial charge is 0.294 e. The van der Waals surface area contributed by atoms with Crippen LogP contribution >= 0.6 is 0 Å². The summed E-state index contributed by atoms with van der Waals surface area (Å²) in [6, 6.07) is 7.41. The van der Waals surface area contributed by atoms with E-state index in [0.29, 0.717) is 6.07 Å². The van der Waals surface area contributed by atoms with Gasteiger partial charge in [0.15, 0.2) is 0 Å². The molecule has 2 aromatic rings. The van der Waals surface area contributed by atoms with Crippen molar-refractivity contribution in [3.63, 3.8) is 0 Å². The third-order valence-corrected chi connectivity index (χ3v) is 8.05.